The number of pyridine rings is 1. The van der Waals surface area contributed by atoms with E-state index in [0.29, 0.717) is 17.5 Å². The van der Waals surface area contributed by atoms with Crippen molar-refractivity contribution in [3.63, 3.8) is 0 Å². The zero-order chi connectivity index (χ0) is 38.2. The summed E-state index contributed by atoms with van der Waals surface area (Å²) in [5.74, 6) is 1.95. The highest BCUT2D eigenvalue weighted by Gasteiger charge is 2.20. The molecule has 0 spiro atoms. The molecule has 0 saturated carbocycles. The Hall–Kier alpha value is -7.96. The first-order valence-corrected chi connectivity index (χ1v) is 19.5. The maximum Gasteiger partial charge on any atom is 0.164 e. The van der Waals surface area contributed by atoms with Crippen LogP contribution in [0.1, 0.15) is 0 Å². The van der Waals surface area contributed by atoms with Crippen LogP contribution in [-0.4, -0.2) is 28.9 Å². The normalized spacial score (nSPS) is 11.8. The second-order valence-corrected chi connectivity index (χ2v) is 14.7. The van der Waals surface area contributed by atoms with Gasteiger partial charge in [0.25, 0.3) is 0 Å². The fourth-order valence-corrected chi connectivity index (χ4v) is 8.69. The van der Waals surface area contributed by atoms with Crippen LogP contribution in [0.4, 0.5) is 0 Å². The molecule has 0 radical (unpaired) electrons. The second kappa shape index (κ2) is 12.8. The van der Waals surface area contributed by atoms with E-state index in [1.807, 2.05) is 60.7 Å². The van der Waals surface area contributed by atoms with Crippen molar-refractivity contribution in [3.05, 3.63) is 194 Å². The number of aromatic nitrogens is 6. The molecule has 0 bridgehead atoms. The summed E-state index contributed by atoms with van der Waals surface area (Å²) in [6.45, 7) is 0. The lowest BCUT2D eigenvalue weighted by molar-refractivity contribution is 1.07. The van der Waals surface area contributed by atoms with Gasteiger partial charge in [-0.1, -0.05) is 152 Å². The third-order valence-corrected chi connectivity index (χ3v) is 11.4. The van der Waals surface area contributed by atoms with Crippen molar-refractivity contribution < 1.29 is 0 Å². The first kappa shape index (κ1) is 32.3. The van der Waals surface area contributed by atoms with Crippen LogP contribution < -0.4 is 0 Å². The van der Waals surface area contributed by atoms with Crippen molar-refractivity contribution in [1.29, 1.82) is 0 Å². The molecule has 0 N–H and O–H groups in total. The Balaban J connectivity index is 0.965. The van der Waals surface area contributed by atoms with Crippen LogP contribution in [0.3, 0.4) is 0 Å². The Morgan fingerprint density at radius 3 is 1.41 bits per heavy atom. The molecule has 0 fully saturated rings. The maximum atomic E-state index is 5.12. The van der Waals surface area contributed by atoms with Gasteiger partial charge in [0.05, 0.1) is 27.6 Å². The van der Waals surface area contributed by atoms with Gasteiger partial charge in [0.1, 0.15) is 5.65 Å². The molecule has 0 aliphatic rings. The maximum absolute atomic E-state index is 5.12. The quantitative estimate of drug-likeness (QED) is 0.165. The van der Waals surface area contributed by atoms with E-state index in [1.54, 1.807) is 0 Å². The van der Waals surface area contributed by atoms with Gasteiger partial charge in [0, 0.05) is 43.9 Å². The molecule has 270 valence electrons. The SMILES string of the molecule is c1ccc(-c2nc(-c3ccccc3)nc(-c3ccc(-c4ccc(-n5c6ccccc6c6c7c8ccccc8c8nc9ccccc9n8c7ccc65)cc4)cc3)n2)cc1. The van der Waals surface area contributed by atoms with Crippen molar-refractivity contribution in [2.75, 3.05) is 0 Å². The number of imidazole rings is 1. The molecule has 0 saturated heterocycles. The minimum Gasteiger partial charge on any atom is -0.309 e. The number of benzene rings is 8. The van der Waals surface area contributed by atoms with E-state index in [1.165, 1.54) is 32.6 Å². The van der Waals surface area contributed by atoms with Gasteiger partial charge in [-0.05, 0) is 59.0 Å². The van der Waals surface area contributed by atoms with E-state index in [2.05, 4.69) is 142 Å². The number of hydrogen-bond acceptors (Lipinski definition) is 4. The fourth-order valence-electron chi connectivity index (χ4n) is 8.69. The summed E-state index contributed by atoms with van der Waals surface area (Å²) in [6.07, 6.45) is 0. The number of nitrogens with zero attached hydrogens (tertiary/aromatic N) is 6. The topological polar surface area (TPSA) is 60.9 Å². The predicted molar refractivity (Wildman–Crippen MR) is 237 cm³/mol. The third-order valence-electron chi connectivity index (χ3n) is 11.4. The Morgan fingerprint density at radius 2 is 0.759 bits per heavy atom. The van der Waals surface area contributed by atoms with Gasteiger partial charge in [-0.15, -0.1) is 0 Å². The number of fused-ring (bicyclic) bond motifs is 12. The summed E-state index contributed by atoms with van der Waals surface area (Å²) in [5, 5.41) is 6.06. The van der Waals surface area contributed by atoms with E-state index < -0.39 is 0 Å². The lowest BCUT2D eigenvalue weighted by Gasteiger charge is -2.12. The van der Waals surface area contributed by atoms with E-state index in [-0.39, 0.29) is 0 Å². The largest absolute Gasteiger partial charge is 0.309 e. The molecule has 0 unspecified atom stereocenters. The molecule has 58 heavy (non-hydrogen) atoms. The Morgan fingerprint density at radius 1 is 0.293 bits per heavy atom. The van der Waals surface area contributed by atoms with Crippen LogP contribution in [0.25, 0.3) is 111 Å². The molecule has 0 amide bonds. The molecule has 6 heteroatoms. The number of rotatable bonds is 5. The van der Waals surface area contributed by atoms with E-state index in [4.69, 9.17) is 19.9 Å². The van der Waals surface area contributed by atoms with E-state index in [0.717, 1.165) is 61.1 Å². The van der Waals surface area contributed by atoms with E-state index in [9.17, 15) is 0 Å². The molecular formula is C52H32N6. The van der Waals surface area contributed by atoms with Crippen LogP contribution in [0.2, 0.25) is 0 Å². The molecule has 0 aliphatic heterocycles. The average molecular weight is 741 g/mol. The first-order chi connectivity index (χ1) is 28.8. The first-order valence-electron chi connectivity index (χ1n) is 19.5. The molecule has 0 aliphatic carbocycles. The highest BCUT2D eigenvalue weighted by molar-refractivity contribution is 6.29. The monoisotopic (exact) mass is 740 g/mol. The molecule has 8 aromatic carbocycles. The van der Waals surface area contributed by atoms with Crippen LogP contribution in [0.5, 0.6) is 0 Å². The van der Waals surface area contributed by atoms with Crippen molar-refractivity contribution in [2.45, 2.75) is 0 Å². The Labute approximate surface area is 333 Å². The van der Waals surface area contributed by atoms with Crippen LogP contribution >= 0.6 is 0 Å². The smallest absolute Gasteiger partial charge is 0.164 e. The van der Waals surface area contributed by atoms with Gasteiger partial charge in [0.2, 0.25) is 0 Å². The van der Waals surface area contributed by atoms with Gasteiger partial charge in [-0.3, -0.25) is 4.40 Å². The fraction of sp³-hybridized carbons (Fsp3) is 0. The van der Waals surface area contributed by atoms with Crippen molar-refractivity contribution in [3.8, 4) is 51.0 Å². The van der Waals surface area contributed by atoms with Gasteiger partial charge < -0.3 is 4.57 Å². The number of para-hydroxylation sites is 3. The van der Waals surface area contributed by atoms with Crippen molar-refractivity contribution in [2.24, 2.45) is 0 Å². The summed E-state index contributed by atoms with van der Waals surface area (Å²) >= 11 is 0. The zero-order valence-corrected chi connectivity index (χ0v) is 31.2. The van der Waals surface area contributed by atoms with Crippen LogP contribution in [0.15, 0.2) is 194 Å². The minimum atomic E-state index is 0.642. The molecule has 4 heterocycles. The predicted octanol–water partition coefficient (Wildman–Crippen LogP) is 12.7. The summed E-state index contributed by atoms with van der Waals surface area (Å²) < 4.78 is 4.74. The van der Waals surface area contributed by atoms with Crippen LogP contribution in [-0.2, 0) is 0 Å². The van der Waals surface area contributed by atoms with Gasteiger partial charge in [0.15, 0.2) is 17.5 Å². The summed E-state index contributed by atoms with van der Waals surface area (Å²) in [5.41, 5.74) is 12.8. The third kappa shape index (κ3) is 4.98. The molecule has 4 aromatic heterocycles. The summed E-state index contributed by atoms with van der Waals surface area (Å²) in [6, 6.07) is 68.0. The molecule has 12 aromatic rings. The van der Waals surface area contributed by atoms with Crippen LogP contribution in [0, 0.1) is 0 Å². The van der Waals surface area contributed by atoms with E-state index >= 15 is 0 Å². The van der Waals surface area contributed by atoms with Gasteiger partial charge in [-0.2, -0.15) is 0 Å². The standard InChI is InChI=1S/C52H32N6/c1-3-13-35(14-4-1)49-54-50(36-15-5-2-6-16-36)56-51(55-49)37-25-23-33(24-26-37)34-27-29-38(30-28-34)57-43-21-11-9-19-41(43)48-45(57)31-32-46-47(48)39-17-7-8-18-40(39)52-53-42-20-10-12-22-44(42)58(46)52/h1-32H. The minimum absolute atomic E-state index is 0.642. The molecule has 6 nitrogen and oxygen atoms in total. The summed E-state index contributed by atoms with van der Waals surface area (Å²) in [7, 11) is 0. The number of hydrogen-bond donors (Lipinski definition) is 0. The average Bonchev–Trinajstić information content (AvgIpc) is 3.86. The molecule has 12 rings (SSSR count). The lowest BCUT2D eigenvalue weighted by Crippen LogP contribution is -2.00. The van der Waals surface area contributed by atoms with Gasteiger partial charge >= 0.3 is 0 Å². The van der Waals surface area contributed by atoms with Crippen molar-refractivity contribution in [1.82, 2.24) is 28.9 Å². The highest BCUT2D eigenvalue weighted by atomic mass is 15.0. The zero-order valence-electron chi connectivity index (χ0n) is 31.2. The van der Waals surface area contributed by atoms with Crippen molar-refractivity contribution >= 4 is 60.2 Å². The van der Waals surface area contributed by atoms with Gasteiger partial charge in [-0.25, -0.2) is 19.9 Å². The summed E-state index contributed by atoms with van der Waals surface area (Å²) in [4.78, 5) is 19.8. The second-order valence-electron chi connectivity index (χ2n) is 14.7. The Bertz CT molecular complexity index is 3470. The highest BCUT2D eigenvalue weighted by Crippen LogP contribution is 2.42. The molecule has 0 atom stereocenters. The molecular weight excluding hydrogens is 709 g/mol. The lowest BCUT2D eigenvalue weighted by atomic mass is 10.0. The Kier molecular flexibility index (Phi) is 7.13.